The Morgan fingerprint density at radius 3 is 1.74 bits per heavy atom. The van der Waals surface area contributed by atoms with Gasteiger partial charge >= 0.3 is 0 Å². The van der Waals surface area contributed by atoms with Gasteiger partial charge in [-0.05, 0) is 92.7 Å². The first kappa shape index (κ1) is 31.1. The van der Waals surface area contributed by atoms with Crippen LogP contribution in [0.1, 0.15) is 0 Å². The molecular weight excluding hydrogens is 661 g/mol. The molecule has 53 heavy (non-hydrogen) atoms. The lowest BCUT2D eigenvalue weighted by Gasteiger charge is -2.15. The Kier molecular flexibility index (Phi) is 7.71. The number of hydrogen-bond acceptors (Lipinski definition) is 3. The molecule has 2 aromatic heterocycles. The summed E-state index contributed by atoms with van der Waals surface area (Å²) >= 11 is 1.85. The molecule has 2 heterocycles. The summed E-state index contributed by atoms with van der Waals surface area (Å²) in [7, 11) is 0. The van der Waals surface area contributed by atoms with Crippen molar-refractivity contribution in [3.8, 4) is 67.3 Å². The summed E-state index contributed by atoms with van der Waals surface area (Å²) in [6.07, 6.45) is 0. The molecule has 0 bridgehead atoms. The minimum absolute atomic E-state index is 0.698. The minimum atomic E-state index is 0.698. The topological polar surface area (TPSA) is 25.8 Å². The lowest BCUT2D eigenvalue weighted by atomic mass is 9.93. The van der Waals surface area contributed by atoms with Crippen molar-refractivity contribution in [2.45, 2.75) is 0 Å². The maximum Gasteiger partial charge on any atom is 0.160 e. The molecule has 0 spiro atoms. The van der Waals surface area contributed by atoms with Gasteiger partial charge in [0.2, 0.25) is 0 Å². The van der Waals surface area contributed by atoms with Crippen molar-refractivity contribution >= 4 is 42.3 Å². The van der Waals surface area contributed by atoms with E-state index < -0.39 is 0 Å². The molecule has 8 aromatic carbocycles. The van der Waals surface area contributed by atoms with Gasteiger partial charge in [0.15, 0.2) is 5.82 Å². The number of rotatable bonds is 6. The van der Waals surface area contributed by atoms with Crippen molar-refractivity contribution in [1.29, 1.82) is 0 Å². The molecule has 0 aliphatic carbocycles. The third-order valence-electron chi connectivity index (χ3n) is 10.1. The van der Waals surface area contributed by atoms with Crippen LogP contribution in [-0.2, 0) is 0 Å². The largest absolute Gasteiger partial charge is 0.228 e. The Bertz CT molecular complexity index is 2950. The van der Waals surface area contributed by atoms with Gasteiger partial charge in [0.05, 0.1) is 11.4 Å². The smallest absolute Gasteiger partial charge is 0.160 e. The molecular formula is C50H32N2S. The first-order chi connectivity index (χ1) is 26.2. The zero-order valence-electron chi connectivity index (χ0n) is 28.8. The summed E-state index contributed by atoms with van der Waals surface area (Å²) in [5.74, 6) is 0.698. The van der Waals surface area contributed by atoms with E-state index in [1.807, 2.05) is 29.5 Å². The van der Waals surface area contributed by atoms with Crippen molar-refractivity contribution < 1.29 is 0 Å². The van der Waals surface area contributed by atoms with Crippen LogP contribution in [0.15, 0.2) is 194 Å². The Morgan fingerprint density at radius 1 is 0.302 bits per heavy atom. The van der Waals surface area contributed by atoms with E-state index in [0.29, 0.717) is 5.82 Å². The van der Waals surface area contributed by atoms with Crippen molar-refractivity contribution in [2.24, 2.45) is 0 Å². The molecule has 248 valence electrons. The van der Waals surface area contributed by atoms with Crippen LogP contribution in [0.4, 0.5) is 0 Å². The molecule has 0 radical (unpaired) electrons. The van der Waals surface area contributed by atoms with E-state index >= 15 is 0 Å². The first-order valence-corrected chi connectivity index (χ1v) is 18.7. The standard InChI is InChI=1S/C50H32N2S/c1-3-13-33(14-4-1)39-28-40(37-25-26-49-45(31-37)44-21-11-12-22-48(44)53-49)30-41(29-39)46-32-47(52-50(51-46)35-16-5-2-6-17-35)43-20-10-9-19-42(43)38-24-23-34-15-7-8-18-36(34)27-38/h1-32H. The Balaban J connectivity index is 1.18. The predicted molar refractivity (Wildman–Crippen MR) is 225 cm³/mol. The Hall–Kier alpha value is -6.68. The summed E-state index contributed by atoms with van der Waals surface area (Å²) in [6, 6.07) is 69.3. The fourth-order valence-corrected chi connectivity index (χ4v) is 8.50. The molecule has 0 saturated heterocycles. The lowest BCUT2D eigenvalue weighted by Crippen LogP contribution is -1.97. The Morgan fingerprint density at radius 2 is 0.906 bits per heavy atom. The molecule has 0 atom stereocenters. The van der Waals surface area contributed by atoms with Gasteiger partial charge in [-0.2, -0.15) is 0 Å². The van der Waals surface area contributed by atoms with E-state index in [2.05, 4.69) is 176 Å². The molecule has 0 aliphatic rings. The zero-order valence-corrected chi connectivity index (χ0v) is 29.6. The van der Waals surface area contributed by atoms with Crippen LogP contribution in [0.5, 0.6) is 0 Å². The number of fused-ring (bicyclic) bond motifs is 4. The van der Waals surface area contributed by atoms with Crippen molar-refractivity contribution in [1.82, 2.24) is 9.97 Å². The summed E-state index contributed by atoms with van der Waals surface area (Å²) in [5, 5.41) is 5.03. The fourth-order valence-electron chi connectivity index (χ4n) is 7.41. The number of hydrogen-bond donors (Lipinski definition) is 0. The maximum absolute atomic E-state index is 5.29. The molecule has 0 saturated carbocycles. The first-order valence-electron chi connectivity index (χ1n) is 17.9. The van der Waals surface area contributed by atoms with Crippen molar-refractivity contribution in [2.75, 3.05) is 0 Å². The second-order valence-corrected chi connectivity index (χ2v) is 14.5. The fraction of sp³-hybridized carbons (Fsp3) is 0. The lowest BCUT2D eigenvalue weighted by molar-refractivity contribution is 1.18. The molecule has 2 nitrogen and oxygen atoms in total. The van der Waals surface area contributed by atoms with Gasteiger partial charge in [0.25, 0.3) is 0 Å². The highest BCUT2D eigenvalue weighted by atomic mass is 32.1. The average Bonchev–Trinajstić information content (AvgIpc) is 3.62. The van der Waals surface area contributed by atoms with Gasteiger partial charge in [-0.3, -0.25) is 0 Å². The normalized spacial score (nSPS) is 11.4. The molecule has 0 fully saturated rings. The third-order valence-corrected chi connectivity index (χ3v) is 11.2. The van der Waals surface area contributed by atoms with Gasteiger partial charge in [-0.15, -0.1) is 11.3 Å². The van der Waals surface area contributed by atoms with Crippen molar-refractivity contribution in [3.63, 3.8) is 0 Å². The summed E-state index contributed by atoms with van der Waals surface area (Å²) < 4.78 is 2.61. The third kappa shape index (κ3) is 5.87. The second-order valence-electron chi connectivity index (χ2n) is 13.4. The van der Waals surface area contributed by atoms with E-state index in [4.69, 9.17) is 9.97 Å². The maximum atomic E-state index is 5.29. The highest BCUT2D eigenvalue weighted by molar-refractivity contribution is 7.25. The summed E-state index contributed by atoms with van der Waals surface area (Å²) in [5.41, 5.74) is 11.8. The molecule has 10 aromatic rings. The number of benzene rings is 8. The van der Waals surface area contributed by atoms with Gasteiger partial charge in [0.1, 0.15) is 0 Å². The van der Waals surface area contributed by atoms with E-state index in [0.717, 1.165) is 55.9 Å². The van der Waals surface area contributed by atoms with Gasteiger partial charge < -0.3 is 0 Å². The molecule has 0 amide bonds. The molecule has 0 aliphatic heterocycles. The second kappa shape index (κ2) is 13.1. The summed E-state index contributed by atoms with van der Waals surface area (Å²) in [6.45, 7) is 0. The van der Waals surface area contributed by atoms with E-state index in [1.54, 1.807) is 0 Å². The number of thiophene rings is 1. The molecule has 10 rings (SSSR count). The number of aromatic nitrogens is 2. The van der Waals surface area contributed by atoms with Crippen LogP contribution < -0.4 is 0 Å². The van der Waals surface area contributed by atoms with Gasteiger partial charge in [-0.25, -0.2) is 9.97 Å². The van der Waals surface area contributed by atoms with Crippen LogP contribution in [-0.4, -0.2) is 9.97 Å². The molecule has 0 N–H and O–H groups in total. The van der Waals surface area contributed by atoms with Gasteiger partial charge in [0, 0.05) is 36.9 Å². The van der Waals surface area contributed by atoms with Crippen LogP contribution >= 0.6 is 11.3 Å². The van der Waals surface area contributed by atoms with E-state index in [-0.39, 0.29) is 0 Å². The van der Waals surface area contributed by atoms with Crippen LogP contribution in [0.25, 0.3) is 98.2 Å². The van der Waals surface area contributed by atoms with Gasteiger partial charge in [-0.1, -0.05) is 146 Å². The average molecular weight is 693 g/mol. The van der Waals surface area contributed by atoms with E-state index in [1.165, 1.54) is 36.5 Å². The monoisotopic (exact) mass is 692 g/mol. The van der Waals surface area contributed by atoms with E-state index in [9.17, 15) is 0 Å². The predicted octanol–water partition coefficient (Wildman–Crippen LogP) is 14.0. The number of nitrogens with zero attached hydrogens (tertiary/aromatic N) is 2. The minimum Gasteiger partial charge on any atom is -0.228 e. The van der Waals surface area contributed by atoms with Crippen LogP contribution in [0.3, 0.4) is 0 Å². The highest BCUT2D eigenvalue weighted by Crippen LogP contribution is 2.40. The van der Waals surface area contributed by atoms with Crippen molar-refractivity contribution in [3.05, 3.63) is 194 Å². The highest BCUT2D eigenvalue weighted by Gasteiger charge is 2.17. The molecule has 3 heteroatoms. The summed E-state index contributed by atoms with van der Waals surface area (Å²) in [4.78, 5) is 10.5. The Labute approximate surface area is 312 Å². The van der Waals surface area contributed by atoms with Crippen LogP contribution in [0, 0.1) is 0 Å². The quantitative estimate of drug-likeness (QED) is 0.173. The molecule has 0 unspecified atom stereocenters. The zero-order chi connectivity index (χ0) is 35.1. The van der Waals surface area contributed by atoms with Crippen LogP contribution in [0.2, 0.25) is 0 Å². The SMILES string of the molecule is c1ccc(-c2cc(-c3ccc4sc5ccccc5c4c3)cc(-c3cc(-c4ccccc4-c4ccc5ccccc5c4)nc(-c4ccccc4)n3)c2)cc1.